The lowest BCUT2D eigenvalue weighted by Gasteiger charge is -2.39. The summed E-state index contributed by atoms with van der Waals surface area (Å²) < 4.78 is 19.7. The Morgan fingerprint density at radius 2 is 1.61 bits per heavy atom. The summed E-state index contributed by atoms with van der Waals surface area (Å²) in [4.78, 5) is 13.2. The van der Waals surface area contributed by atoms with Crippen LogP contribution in [0.4, 0.5) is 10.3 Å². The van der Waals surface area contributed by atoms with Gasteiger partial charge in [0.15, 0.2) is 5.82 Å². The highest BCUT2D eigenvalue weighted by atomic mass is 19.1. The monoisotopic (exact) mass is 422 g/mol. The maximum atomic E-state index is 13.1. The van der Waals surface area contributed by atoms with Gasteiger partial charge in [0.05, 0.1) is 24.6 Å². The Kier molecular flexibility index (Phi) is 4.26. The standard InChI is InChI=1S/C25H31FN4O/c1-23-11-20(29-7-9-30(10-8-29)22-27-13-19(26)14-28-22)12-24(23,2)17-25(16-23)21-6-4-3-5-18(21)15-31-25/h3-6,13-14,20H,7-12,15-17H2,1-2H3. The van der Waals surface area contributed by atoms with Gasteiger partial charge in [0.2, 0.25) is 5.95 Å². The zero-order chi connectivity index (χ0) is 21.3. The minimum absolute atomic E-state index is 0.0797. The fraction of sp³-hybridized carbons (Fsp3) is 0.600. The number of aromatic nitrogens is 2. The Morgan fingerprint density at radius 3 is 2.29 bits per heavy atom. The van der Waals surface area contributed by atoms with Crippen LogP contribution in [0.15, 0.2) is 36.7 Å². The van der Waals surface area contributed by atoms with E-state index in [1.807, 2.05) is 0 Å². The van der Waals surface area contributed by atoms with Crippen LogP contribution in [0, 0.1) is 16.6 Å². The van der Waals surface area contributed by atoms with Gasteiger partial charge in [-0.2, -0.15) is 0 Å². The molecule has 3 heterocycles. The Balaban J connectivity index is 1.15. The molecule has 1 aromatic heterocycles. The van der Waals surface area contributed by atoms with E-state index in [0.29, 0.717) is 22.8 Å². The average molecular weight is 423 g/mol. The van der Waals surface area contributed by atoms with Crippen molar-refractivity contribution in [3.05, 3.63) is 53.6 Å². The molecule has 2 aliphatic heterocycles. The molecule has 0 amide bonds. The van der Waals surface area contributed by atoms with Gasteiger partial charge in [-0.05, 0) is 47.6 Å². The second kappa shape index (κ2) is 6.72. The first-order chi connectivity index (χ1) is 14.9. The number of ether oxygens (including phenoxy) is 1. The molecule has 2 aromatic rings. The van der Waals surface area contributed by atoms with Gasteiger partial charge in [-0.1, -0.05) is 38.1 Å². The van der Waals surface area contributed by atoms with Gasteiger partial charge >= 0.3 is 0 Å². The van der Waals surface area contributed by atoms with Crippen LogP contribution < -0.4 is 4.90 Å². The molecule has 6 heteroatoms. The lowest BCUT2D eigenvalue weighted by molar-refractivity contribution is -0.0466. The maximum absolute atomic E-state index is 13.1. The van der Waals surface area contributed by atoms with Crippen molar-refractivity contribution in [2.75, 3.05) is 31.1 Å². The molecule has 0 radical (unpaired) electrons. The van der Waals surface area contributed by atoms with Crippen molar-refractivity contribution in [2.45, 2.75) is 57.8 Å². The van der Waals surface area contributed by atoms with E-state index in [-0.39, 0.29) is 11.4 Å². The van der Waals surface area contributed by atoms with Crippen LogP contribution in [-0.2, 0) is 16.9 Å². The molecule has 164 valence electrons. The summed E-state index contributed by atoms with van der Waals surface area (Å²) in [5.41, 5.74) is 3.34. The van der Waals surface area contributed by atoms with Gasteiger partial charge in [0, 0.05) is 32.2 Å². The second-order valence-corrected chi connectivity index (χ2v) is 10.7. The Morgan fingerprint density at radius 1 is 0.968 bits per heavy atom. The number of hydrogen-bond donors (Lipinski definition) is 0. The molecule has 1 saturated heterocycles. The summed E-state index contributed by atoms with van der Waals surface area (Å²) in [5.74, 6) is 0.260. The van der Waals surface area contributed by atoms with E-state index in [9.17, 15) is 4.39 Å². The number of fused-ring (bicyclic) bond motifs is 3. The van der Waals surface area contributed by atoms with E-state index in [1.54, 1.807) is 0 Å². The molecule has 2 saturated carbocycles. The van der Waals surface area contributed by atoms with Crippen molar-refractivity contribution < 1.29 is 9.13 Å². The number of hydrogen-bond acceptors (Lipinski definition) is 5. The molecule has 1 spiro atoms. The minimum atomic E-state index is -0.381. The van der Waals surface area contributed by atoms with E-state index in [4.69, 9.17) is 4.74 Å². The van der Waals surface area contributed by atoms with E-state index >= 15 is 0 Å². The SMILES string of the molecule is CC12CC(N3CCN(c4ncc(F)cn4)CC3)CC1(C)CC1(C2)OCc2ccccc21. The van der Waals surface area contributed by atoms with Gasteiger partial charge in [0.1, 0.15) is 0 Å². The molecule has 5 nitrogen and oxygen atoms in total. The highest BCUT2D eigenvalue weighted by Gasteiger charge is 2.65. The van der Waals surface area contributed by atoms with Crippen LogP contribution >= 0.6 is 0 Å². The first-order valence-electron chi connectivity index (χ1n) is 11.6. The van der Waals surface area contributed by atoms with E-state index in [0.717, 1.165) is 45.6 Å². The van der Waals surface area contributed by atoms with Crippen LogP contribution in [0.5, 0.6) is 0 Å². The lowest BCUT2D eigenvalue weighted by Crippen LogP contribution is -2.50. The topological polar surface area (TPSA) is 41.5 Å². The van der Waals surface area contributed by atoms with Gasteiger partial charge in [0.25, 0.3) is 0 Å². The average Bonchev–Trinajstić information content (AvgIpc) is 3.31. The summed E-state index contributed by atoms with van der Waals surface area (Å²) in [7, 11) is 0. The summed E-state index contributed by atoms with van der Waals surface area (Å²) in [6, 6.07) is 9.45. The number of rotatable bonds is 2. The molecule has 31 heavy (non-hydrogen) atoms. The molecule has 3 fully saturated rings. The predicted molar refractivity (Wildman–Crippen MR) is 117 cm³/mol. The third-order valence-electron chi connectivity index (χ3n) is 8.91. The fourth-order valence-corrected chi connectivity index (χ4v) is 7.19. The van der Waals surface area contributed by atoms with Crippen LogP contribution in [0.2, 0.25) is 0 Å². The Labute approximate surface area is 183 Å². The Bertz CT molecular complexity index is 969. The number of anilines is 1. The van der Waals surface area contributed by atoms with Gasteiger partial charge < -0.3 is 9.64 Å². The highest BCUT2D eigenvalue weighted by Crippen LogP contribution is 2.70. The van der Waals surface area contributed by atoms with E-state index in [1.165, 1.54) is 36.4 Å². The summed E-state index contributed by atoms with van der Waals surface area (Å²) in [6.45, 7) is 9.61. The lowest BCUT2D eigenvalue weighted by atomic mass is 9.71. The van der Waals surface area contributed by atoms with Crippen LogP contribution in [0.25, 0.3) is 0 Å². The van der Waals surface area contributed by atoms with Crippen molar-refractivity contribution in [1.29, 1.82) is 0 Å². The molecular weight excluding hydrogens is 391 g/mol. The smallest absolute Gasteiger partial charge is 0.225 e. The van der Waals surface area contributed by atoms with Crippen LogP contribution in [0.1, 0.15) is 50.7 Å². The van der Waals surface area contributed by atoms with Crippen molar-refractivity contribution in [3.63, 3.8) is 0 Å². The third-order valence-corrected chi connectivity index (χ3v) is 8.91. The predicted octanol–water partition coefficient (Wildman–Crippen LogP) is 4.13. The van der Waals surface area contributed by atoms with Crippen LogP contribution in [-0.4, -0.2) is 47.1 Å². The summed E-state index contributed by atoms with van der Waals surface area (Å²) in [6.07, 6.45) is 7.26. The number of piperazine rings is 1. The second-order valence-electron chi connectivity index (χ2n) is 10.7. The molecular formula is C25H31FN4O. The van der Waals surface area contributed by atoms with Crippen molar-refractivity contribution in [2.24, 2.45) is 10.8 Å². The normalized spacial score (nSPS) is 37.4. The summed E-state index contributed by atoms with van der Waals surface area (Å²) >= 11 is 0. The molecule has 1 aromatic carbocycles. The molecule has 6 rings (SSSR count). The molecule has 2 aliphatic carbocycles. The molecule has 0 bridgehead atoms. The maximum Gasteiger partial charge on any atom is 0.225 e. The highest BCUT2D eigenvalue weighted by molar-refractivity contribution is 5.38. The number of halogens is 1. The first-order valence-corrected chi connectivity index (χ1v) is 11.6. The van der Waals surface area contributed by atoms with Crippen molar-refractivity contribution in [3.8, 4) is 0 Å². The van der Waals surface area contributed by atoms with E-state index in [2.05, 4.69) is 57.9 Å². The Hall–Kier alpha value is -2.05. The fourth-order valence-electron chi connectivity index (χ4n) is 7.19. The van der Waals surface area contributed by atoms with Crippen molar-refractivity contribution >= 4 is 5.95 Å². The number of nitrogens with zero attached hydrogens (tertiary/aromatic N) is 4. The quantitative estimate of drug-likeness (QED) is 0.728. The molecule has 2 atom stereocenters. The van der Waals surface area contributed by atoms with Crippen LogP contribution in [0.3, 0.4) is 0 Å². The summed E-state index contributed by atoms with van der Waals surface area (Å²) in [5, 5.41) is 0. The molecule has 4 aliphatic rings. The zero-order valence-corrected chi connectivity index (χ0v) is 18.5. The molecule has 0 N–H and O–H groups in total. The largest absolute Gasteiger partial charge is 0.366 e. The first kappa shape index (κ1) is 19.6. The third kappa shape index (κ3) is 2.94. The minimum Gasteiger partial charge on any atom is -0.366 e. The van der Waals surface area contributed by atoms with Gasteiger partial charge in [-0.25, -0.2) is 14.4 Å². The van der Waals surface area contributed by atoms with Gasteiger partial charge in [-0.3, -0.25) is 4.90 Å². The number of benzene rings is 1. The van der Waals surface area contributed by atoms with Gasteiger partial charge in [-0.15, -0.1) is 0 Å². The van der Waals surface area contributed by atoms with E-state index < -0.39 is 0 Å². The zero-order valence-electron chi connectivity index (χ0n) is 18.5. The van der Waals surface area contributed by atoms with Crippen molar-refractivity contribution in [1.82, 2.24) is 14.9 Å². The molecule has 2 unspecified atom stereocenters.